The average Bonchev–Trinajstić information content (AvgIpc) is 3.45. The fourth-order valence-electron chi connectivity index (χ4n) is 4.33. The van der Waals surface area contributed by atoms with Gasteiger partial charge in [0.1, 0.15) is 17.6 Å². The predicted molar refractivity (Wildman–Crippen MR) is 137 cm³/mol. The number of ketones is 1. The minimum atomic E-state index is -1.00. The van der Waals surface area contributed by atoms with Crippen molar-refractivity contribution in [3.05, 3.63) is 83.4 Å². The van der Waals surface area contributed by atoms with Gasteiger partial charge >= 0.3 is 5.91 Å². The number of rotatable bonds is 6. The highest BCUT2D eigenvalue weighted by Crippen LogP contribution is 2.48. The second-order valence-electron chi connectivity index (χ2n) is 7.95. The Balaban J connectivity index is 1.78. The van der Waals surface area contributed by atoms with Crippen LogP contribution in [0.2, 0.25) is 0 Å². The number of ether oxygens (including phenoxy) is 3. The van der Waals surface area contributed by atoms with Gasteiger partial charge in [-0.25, -0.2) is 4.98 Å². The Kier molecular flexibility index (Phi) is 6.07. The van der Waals surface area contributed by atoms with Gasteiger partial charge in [-0.1, -0.05) is 53.8 Å². The number of aliphatic hydroxyl groups is 1. The lowest BCUT2D eigenvalue weighted by Gasteiger charge is -2.25. The van der Waals surface area contributed by atoms with E-state index in [1.54, 1.807) is 67.8 Å². The van der Waals surface area contributed by atoms with Gasteiger partial charge in [-0.3, -0.25) is 14.5 Å². The van der Waals surface area contributed by atoms with Crippen LogP contribution in [0, 0.1) is 0 Å². The lowest BCUT2D eigenvalue weighted by atomic mass is 9.94. The smallest absolute Gasteiger partial charge is 0.301 e. The minimum absolute atomic E-state index is 0.0606. The average molecular weight is 503 g/mol. The van der Waals surface area contributed by atoms with Crippen molar-refractivity contribution in [2.75, 3.05) is 26.2 Å². The molecule has 1 fully saturated rings. The van der Waals surface area contributed by atoms with Crippen molar-refractivity contribution >= 4 is 44.1 Å². The molecule has 1 aliphatic heterocycles. The zero-order chi connectivity index (χ0) is 25.4. The van der Waals surface area contributed by atoms with E-state index in [0.717, 1.165) is 4.70 Å². The first-order valence-corrected chi connectivity index (χ1v) is 11.8. The van der Waals surface area contributed by atoms with E-state index in [4.69, 9.17) is 14.2 Å². The molecule has 3 aromatic carbocycles. The summed E-state index contributed by atoms with van der Waals surface area (Å²) in [4.78, 5) is 32.9. The highest BCUT2D eigenvalue weighted by Gasteiger charge is 2.49. The molecule has 0 radical (unpaired) electrons. The molecule has 1 saturated heterocycles. The standard InChI is InChI=1S/C27H22N2O6S/c1-33-16-12-13-18-20(14-16)36-27(28-18)29-22(17-10-7-11-19(34-2)25(17)35-3)21(24(31)26(29)32)23(30)15-8-5-4-6-9-15/h4-14,22,30H,1-3H3/b23-21+/t22-/m0/s1. The van der Waals surface area contributed by atoms with Crippen LogP contribution in [0.1, 0.15) is 17.2 Å². The lowest BCUT2D eigenvalue weighted by Crippen LogP contribution is -2.29. The fraction of sp³-hybridized carbons (Fsp3) is 0.148. The molecule has 1 aromatic heterocycles. The number of thiazole rings is 1. The predicted octanol–water partition coefficient (Wildman–Crippen LogP) is 4.95. The summed E-state index contributed by atoms with van der Waals surface area (Å²) in [6.07, 6.45) is 0. The van der Waals surface area contributed by atoms with Crippen molar-refractivity contribution in [1.29, 1.82) is 0 Å². The van der Waals surface area contributed by atoms with Crippen LogP contribution in [0.4, 0.5) is 5.13 Å². The molecule has 4 aromatic rings. The van der Waals surface area contributed by atoms with Crippen molar-refractivity contribution < 1.29 is 28.9 Å². The second kappa shape index (κ2) is 9.35. The molecule has 182 valence electrons. The summed E-state index contributed by atoms with van der Waals surface area (Å²) in [5.41, 5.74) is 1.48. The van der Waals surface area contributed by atoms with Crippen LogP contribution < -0.4 is 19.1 Å². The van der Waals surface area contributed by atoms with Crippen molar-refractivity contribution in [2.45, 2.75) is 6.04 Å². The van der Waals surface area contributed by atoms with Gasteiger partial charge in [0.25, 0.3) is 5.78 Å². The Morgan fingerprint density at radius 2 is 1.72 bits per heavy atom. The first-order valence-electron chi connectivity index (χ1n) is 11.0. The molecule has 1 atom stereocenters. The number of para-hydroxylation sites is 1. The highest BCUT2D eigenvalue weighted by molar-refractivity contribution is 7.22. The van der Waals surface area contributed by atoms with E-state index in [2.05, 4.69) is 4.98 Å². The monoisotopic (exact) mass is 502 g/mol. The molecule has 0 spiro atoms. The zero-order valence-electron chi connectivity index (χ0n) is 19.7. The number of aromatic nitrogens is 1. The number of Topliss-reactive ketones (excluding diaryl/α,β-unsaturated/α-hetero) is 1. The molecule has 0 bridgehead atoms. The zero-order valence-corrected chi connectivity index (χ0v) is 20.5. The maximum Gasteiger partial charge on any atom is 0.301 e. The number of fused-ring (bicyclic) bond motifs is 1. The van der Waals surface area contributed by atoms with E-state index in [9.17, 15) is 14.7 Å². The topological polar surface area (TPSA) is 98.2 Å². The number of carbonyl (C=O) groups is 2. The molecular formula is C27H22N2O6S. The molecule has 2 heterocycles. The van der Waals surface area contributed by atoms with Gasteiger partial charge < -0.3 is 19.3 Å². The van der Waals surface area contributed by atoms with Crippen LogP contribution >= 0.6 is 11.3 Å². The summed E-state index contributed by atoms with van der Waals surface area (Å²) in [7, 11) is 4.55. The summed E-state index contributed by atoms with van der Waals surface area (Å²) in [6.45, 7) is 0. The number of hydrogen-bond donors (Lipinski definition) is 1. The molecule has 0 saturated carbocycles. The number of anilines is 1. The molecule has 5 rings (SSSR count). The quantitative estimate of drug-likeness (QED) is 0.226. The summed E-state index contributed by atoms with van der Waals surface area (Å²) in [5, 5.41) is 11.6. The van der Waals surface area contributed by atoms with Crippen molar-refractivity contribution in [3.63, 3.8) is 0 Å². The Labute approximate surface area is 211 Å². The lowest BCUT2D eigenvalue weighted by molar-refractivity contribution is -0.132. The number of nitrogens with zero attached hydrogens (tertiary/aromatic N) is 2. The van der Waals surface area contributed by atoms with Crippen LogP contribution in [0.25, 0.3) is 16.0 Å². The minimum Gasteiger partial charge on any atom is -0.507 e. The van der Waals surface area contributed by atoms with Crippen LogP contribution in [-0.4, -0.2) is 43.1 Å². The molecule has 8 nitrogen and oxygen atoms in total. The maximum atomic E-state index is 13.5. The Morgan fingerprint density at radius 3 is 2.42 bits per heavy atom. The van der Waals surface area contributed by atoms with Gasteiger partial charge in [0.2, 0.25) is 0 Å². The van der Waals surface area contributed by atoms with Crippen LogP contribution in [0.5, 0.6) is 17.2 Å². The van der Waals surface area contributed by atoms with Crippen molar-refractivity contribution in [2.24, 2.45) is 0 Å². The number of aliphatic hydroxyl groups excluding tert-OH is 1. The van der Waals surface area contributed by atoms with E-state index in [0.29, 0.717) is 39.0 Å². The van der Waals surface area contributed by atoms with Gasteiger partial charge in [0, 0.05) is 11.1 Å². The third-order valence-corrected chi connectivity index (χ3v) is 7.03. The van der Waals surface area contributed by atoms with Gasteiger partial charge in [-0.2, -0.15) is 0 Å². The number of benzene rings is 3. The molecule has 1 aliphatic rings. The molecule has 9 heteroatoms. The van der Waals surface area contributed by atoms with Crippen molar-refractivity contribution in [3.8, 4) is 17.2 Å². The molecule has 1 N–H and O–H groups in total. The van der Waals surface area contributed by atoms with Crippen LogP contribution in [0.3, 0.4) is 0 Å². The molecule has 0 unspecified atom stereocenters. The first-order chi connectivity index (χ1) is 17.5. The Morgan fingerprint density at radius 1 is 0.944 bits per heavy atom. The summed E-state index contributed by atoms with van der Waals surface area (Å²) < 4.78 is 17.2. The highest BCUT2D eigenvalue weighted by atomic mass is 32.1. The van der Waals surface area contributed by atoms with Gasteiger partial charge in [-0.05, 0) is 24.3 Å². The Hall–Kier alpha value is -4.37. The van der Waals surface area contributed by atoms with Crippen molar-refractivity contribution in [1.82, 2.24) is 4.98 Å². The summed E-state index contributed by atoms with van der Waals surface area (Å²) in [6, 6.07) is 18.2. The van der Waals surface area contributed by atoms with Gasteiger partial charge in [0.15, 0.2) is 16.6 Å². The third kappa shape index (κ3) is 3.74. The van der Waals surface area contributed by atoms with Crippen LogP contribution in [-0.2, 0) is 9.59 Å². The molecular weight excluding hydrogens is 480 g/mol. The van der Waals surface area contributed by atoms with E-state index in [1.807, 2.05) is 6.07 Å². The largest absolute Gasteiger partial charge is 0.507 e. The fourth-order valence-corrected chi connectivity index (χ4v) is 5.35. The maximum absolute atomic E-state index is 13.5. The third-order valence-electron chi connectivity index (χ3n) is 6.01. The normalized spacial score (nSPS) is 17.0. The number of methoxy groups -OCH3 is 3. The van der Waals surface area contributed by atoms with E-state index < -0.39 is 17.7 Å². The van der Waals surface area contributed by atoms with E-state index in [1.165, 1.54) is 30.5 Å². The molecule has 0 aliphatic carbocycles. The Bertz CT molecular complexity index is 1510. The number of amides is 1. The SMILES string of the molecule is COc1ccc2nc(N3C(=O)C(=O)/C(=C(/O)c4ccccc4)[C@@H]3c3cccc(OC)c3OC)sc2c1. The molecule has 1 amide bonds. The summed E-state index contributed by atoms with van der Waals surface area (Å²) in [5.74, 6) is -0.478. The van der Waals surface area contributed by atoms with Crippen LogP contribution in [0.15, 0.2) is 72.3 Å². The van der Waals surface area contributed by atoms with E-state index >= 15 is 0 Å². The van der Waals surface area contributed by atoms with Gasteiger partial charge in [-0.15, -0.1) is 0 Å². The number of carbonyl (C=O) groups excluding carboxylic acids is 2. The second-order valence-corrected chi connectivity index (χ2v) is 8.96. The molecule has 36 heavy (non-hydrogen) atoms. The first kappa shape index (κ1) is 23.4. The number of hydrogen-bond acceptors (Lipinski definition) is 8. The summed E-state index contributed by atoms with van der Waals surface area (Å²) >= 11 is 1.25. The van der Waals surface area contributed by atoms with Gasteiger partial charge in [0.05, 0.1) is 37.1 Å². The van der Waals surface area contributed by atoms with E-state index in [-0.39, 0.29) is 11.3 Å².